The van der Waals surface area contributed by atoms with Gasteiger partial charge in [-0.3, -0.25) is 4.98 Å². The number of hydrogen-bond donors (Lipinski definition) is 0. The Bertz CT molecular complexity index is 2400. The minimum atomic E-state index is -0.105. The number of anilines is 4. The quantitative estimate of drug-likeness (QED) is 0.161. The van der Waals surface area contributed by atoms with E-state index in [1.807, 2.05) is 55.1 Å². The Morgan fingerprint density at radius 2 is 1.51 bits per heavy atom. The number of para-hydroxylation sites is 1. The molecule has 0 fully saturated rings. The molecule has 4 aromatic heterocycles. The zero-order valence-electron chi connectivity index (χ0n) is 29.8. The van der Waals surface area contributed by atoms with Crippen LogP contribution in [-0.2, 0) is 31.9 Å². The van der Waals surface area contributed by atoms with Crippen LogP contribution in [0.2, 0.25) is 0 Å². The molecule has 0 aliphatic carbocycles. The monoisotopic (exact) mass is 850 g/mol. The van der Waals surface area contributed by atoms with Gasteiger partial charge in [-0.25, -0.2) is 9.97 Å². The summed E-state index contributed by atoms with van der Waals surface area (Å²) in [5, 5.41) is 2.23. The number of aryl methyl sites for hydroxylation is 1. The van der Waals surface area contributed by atoms with Gasteiger partial charge < -0.3 is 19.1 Å². The summed E-state index contributed by atoms with van der Waals surface area (Å²) in [5.74, 6) is 2.91. The molecule has 0 radical (unpaired) electrons. The number of fused-ring (bicyclic) bond motifs is 4. The third-order valence-electron chi connectivity index (χ3n) is 9.20. The van der Waals surface area contributed by atoms with Crippen LogP contribution in [0.3, 0.4) is 0 Å². The van der Waals surface area contributed by atoms with E-state index in [9.17, 15) is 0 Å². The van der Waals surface area contributed by atoms with Gasteiger partial charge >= 0.3 is 0 Å². The molecular formula is C43H39N6OPt-3. The number of aromatic nitrogens is 4. The second kappa shape index (κ2) is 13.0. The van der Waals surface area contributed by atoms with Crippen LogP contribution < -0.4 is 14.5 Å². The molecule has 0 saturated carbocycles. The molecule has 0 spiro atoms. The van der Waals surface area contributed by atoms with E-state index in [4.69, 9.17) is 14.7 Å². The van der Waals surface area contributed by atoms with Crippen LogP contribution >= 0.6 is 0 Å². The van der Waals surface area contributed by atoms with Gasteiger partial charge in [0.15, 0.2) is 0 Å². The van der Waals surface area contributed by atoms with Gasteiger partial charge in [-0.1, -0.05) is 71.3 Å². The van der Waals surface area contributed by atoms with Gasteiger partial charge in [0.1, 0.15) is 11.6 Å². The molecule has 0 atom stereocenters. The van der Waals surface area contributed by atoms with Crippen molar-refractivity contribution in [2.24, 2.45) is 0 Å². The smallest absolute Gasteiger partial charge is 0.135 e. The molecule has 3 aromatic carbocycles. The predicted octanol–water partition coefficient (Wildman–Crippen LogP) is 10.7. The standard InChI is InChI=1S/C43H39N6O.Pt/c1-28-21-35(43(5,6)7)41(46-25-28)48-27-47(37-18-19-44-26-39(37)48)30-11-10-12-31(23-30)50-32-15-16-34-33-13-8-9-14-36(33)49(38(34)24-32)40-22-29(17-20-45-40)42(2,3)4;/h8-22,25-27H,1-7H3;/q-3;. The average Bonchev–Trinajstić information content (AvgIpc) is 3.64. The molecule has 260 valence electrons. The Morgan fingerprint density at radius 1 is 0.706 bits per heavy atom. The van der Waals surface area contributed by atoms with Crippen LogP contribution in [0.15, 0.2) is 104 Å². The zero-order valence-corrected chi connectivity index (χ0v) is 32.1. The summed E-state index contributed by atoms with van der Waals surface area (Å²) in [5.41, 5.74) is 8.14. The number of benzene rings is 3. The van der Waals surface area contributed by atoms with E-state index in [1.165, 1.54) is 5.56 Å². The SMILES string of the molecule is Cc1cnc(N2[CH-]N(c3[c-]c(Oc4[c-]c5c(cc4)c4ccccc4n5-c4cc(C(C)(C)C)ccn4)ccc3)c3ccncc32)c(C(C)(C)C)c1.[Pt]. The van der Waals surface area contributed by atoms with Crippen molar-refractivity contribution in [3.8, 4) is 17.3 Å². The van der Waals surface area contributed by atoms with Crippen LogP contribution in [0.5, 0.6) is 11.5 Å². The largest absolute Gasteiger partial charge is 0.509 e. The van der Waals surface area contributed by atoms with Crippen molar-refractivity contribution in [2.75, 3.05) is 9.80 Å². The molecule has 0 bridgehead atoms. The van der Waals surface area contributed by atoms with Gasteiger partial charge in [0.05, 0.1) is 11.9 Å². The van der Waals surface area contributed by atoms with E-state index < -0.39 is 0 Å². The Morgan fingerprint density at radius 3 is 2.31 bits per heavy atom. The Hall–Kier alpha value is -5.00. The average molecular weight is 851 g/mol. The van der Waals surface area contributed by atoms with E-state index in [-0.39, 0.29) is 31.9 Å². The number of ether oxygens (including phenoxy) is 1. The van der Waals surface area contributed by atoms with Gasteiger partial charge in [-0.15, -0.1) is 48.1 Å². The van der Waals surface area contributed by atoms with E-state index in [0.717, 1.165) is 61.6 Å². The normalized spacial score (nSPS) is 13.1. The number of nitrogens with zero attached hydrogens (tertiary/aromatic N) is 6. The van der Waals surface area contributed by atoms with Crippen LogP contribution in [0, 0.1) is 25.7 Å². The Labute approximate surface area is 314 Å². The van der Waals surface area contributed by atoms with Crippen molar-refractivity contribution in [1.82, 2.24) is 19.5 Å². The molecule has 0 N–H and O–H groups in total. The minimum absolute atomic E-state index is 0. The summed E-state index contributed by atoms with van der Waals surface area (Å²) >= 11 is 0. The first-order chi connectivity index (χ1) is 24.0. The first-order valence-corrected chi connectivity index (χ1v) is 16.9. The molecule has 0 amide bonds. The van der Waals surface area contributed by atoms with E-state index >= 15 is 0 Å². The van der Waals surface area contributed by atoms with Crippen LogP contribution in [0.25, 0.3) is 27.6 Å². The maximum Gasteiger partial charge on any atom is 0.135 e. The molecule has 51 heavy (non-hydrogen) atoms. The number of rotatable bonds is 5. The van der Waals surface area contributed by atoms with Crippen molar-refractivity contribution in [1.29, 1.82) is 0 Å². The molecule has 1 aliphatic heterocycles. The fourth-order valence-electron chi connectivity index (χ4n) is 6.61. The Kier molecular flexibility index (Phi) is 8.75. The molecule has 5 heterocycles. The van der Waals surface area contributed by atoms with Gasteiger partial charge in [0, 0.05) is 62.4 Å². The first kappa shape index (κ1) is 34.4. The van der Waals surface area contributed by atoms with Gasteiger partial charge in [0.2, 0.25) is 0 Å². The second-order valence-corrected chi connectivity index (χ2v) is 14.9. The summed E-state index contributed by atoms with van der Waals surface area (Å²) in [6.45, 7) is 17.4. The molecule has 0 saturated heterocycles. The molecular weight excluding hydrogens is 812 g/mol. The van der Waals surface area contributed by atoms with Gasteiger partial charge in [0.25, 0.3) is 0 Å². The summed E-state index contributed by atoms with van der Waals surface area (Å²) < 4.78 is 8.68. The van der Waals surface area contributed by atoms with Gasteiger partial charge in [-0.05, 0) is 64.1 Å². The van der Waals surface area contributed by atoms with E-state index in [2.05, 4.69) is 135 Å². The van der Waals surface area contributed by atoms with E-state index in [0.29, 0.717) is 11.5 Å². The van der Waals surface area contributed by atoms with Crippen LogP contribution in [-0.4, -0.2) is 19.5 Å². The number of hydrogen-bond acceptors (Lipinski definition) is 6. The predicted molar refractivity (Wildman–Crippen MR) is 202 cm³/mol. The summed E-state index contributed by atoms with van der Waals surface area (Å²) in [6, 6.07) is 34.0. The fourth-order valence-corrected chi connectivity index (χ4v) is 6.61. The fraction of sp³-hybridized carbons (Fsp3) is 0.209. The molecule has 8 rings (SSSR count). The zero-order chi connectivity index (χ0) is 34.8. The molecule has 0 unspecified atom stereocenters. The Balaban J connectivity index is 0.00000406. The molecule has 8 heteroatoms. The molecule has 7 aromatic rings. The van der Waals surface area contributed by atoms with E-state index in [1.54, 1.807) is 0 Å². The van der Waals surface area contributed by atoms with Crippen molar-refractivity contribution in [3.63, 3.8) is 0 Å². The van der Waals surface area contributed by atoms with Crippen LogP contribution in [0.1, 0.15) is 58.2 Å². The molecule has 7 nitrogen and oxygen atoms in total. The van der Waals surface area contributed by atoms with Crippen LogP contribution in [0.4, 0.5) is 22.9 Å². The summed E-state index contributed by atoms with van der Waals surface area (Å²) in [4.78, 5) is 18.4. The van der Waals surface area contributed by atoms with Crippen molar-refractivity contribution < 1.29 is 25.8 Å². The summed E-state index contributed by atoms with van der Waals surface area (Å²) in [7, 11) is 0. The van der Waals surface area contributed by atoms with Crippen molar-refractivity contribution >= 4 is 44.7 Å². The molecule has 1 aliphatic rings. The topological polar surface area (TPSA) is 59.3 Å². The van der Waals surface area contributed by atoms with Crippen molar-refractivity contribution in [3.05, 3.63) is 139 Å². The summed E-state index contributed by atoms with van der Waals surface area (Å²) in [6.07, 6.45) is 7.50. The maximum absolute atomic E-state index is 6.50. The third-order valence-corrected chi connectivity index (χ3v) is 9.20. The first-order valence-electron chi connectivity index (χ1n) is 16.9. The van der Waals surface area contributed by atoms with Crippen molar-refractivity contribution in [2.45, 2.75) is 59.3 Å². The van der Waals surface area contributed by atoms with Gasteiger partial charge in [-0.2, -0.15) is 12.1 Å². The third kappa shape index (κ3) is 6.29. The number of pyridine rings is 3. The maximum atomic E-state index is 6.50. The second-order valence-electron chi connectivity index (χ2n) is 14.9. The minimum Gasteiger partial charge on any atom is -0.509 e.